The van der Waals surface area contributed by atoms with Gasteiger partial charge in [0.2, 0.25) is 5.95 Å². The lowest BCUT2D eigenvalue weighted by atomic mass is 10.2. The van der Waals surface area contributed by atoms with E-state index in [2.05, 4.69) is 4.98 Å². The molecule has 0 aliphatic heterocycles. The molecule has 0 fully saturated rings. The lowest BCUT2D eigenvalue weighted by Crippen LogP contribution is -2.12. The normalized spacial score (nSPS) is 8.75. The molecular weight excluding hydrogens is 181 g/mol. The van der Waals surface area contributed by atoms with Crippen molar-refractivity contribution in [3.8, 4) is 0 Å². The van der Waals surface area contributed by atoms with E-state index < -0.39 is 5.95 Å². The van der Waals surface area contributed by atoms with Gasteiger partial charge < -0.3 is 5.73 Å². The van der Waals surface area contributed by atoms with Gasteiger partial charge in [0, 0.05) is 12.6 Å². The summed E-state index contributed by atoms with van der Waals surface area (Å²) in [6, 6.07) is 2.81. The van der Waals surface area contributed by atoms with Crippen molar-refractivity contribution in [2.24, 2.45) is 5.73 Å². The zero-order valence-corrected chi connectivity index (χ0v) is 7.07. The first kappa shape index (κ1) is 10.8. The third-order valence-electron chi connectivity index (χ3n) is 1.18. The number of rotatable bonds is 2. The van der Waals surface area contributed by atoms with Gasteiger partial charge in [-0.05, 0) is 11.6 Å². The van der Waals surface area contributed by atoms with Crippen molar-refractivity contribution in [1.29, 1.82) is 5.41 Å². The van der Waals surface area contributed by atoms with Crippen LogP contribution in [0.15, 0.2) is 18.3 Å². The molecule has 0 aromatic carbocycles. The summed E-state index contributed by atoms with van der Waals surface area (Å²) in [5.41, 5.74) is 5.87. The fraction of sp³-hybridized carbons (Fsp3) is 0.143. The SMILES string of the molecule is Cl.N=C(N)Cc1ccc(F)nc1. The zero-order chi connectivity index (χ0) is 8.27. The maximum Gasteiger partial charge on any atom is 0.212 e. The molecule has 66 valence electrons. The Balaban J connectivity index is 0.00000121. The first-order valence-electron chi connectivity index (χ1n) is 3.12. The summed E-state index contributed by atoms with van der Waals surface area (Å²) < 4.78 is 12.2. The van der Waals surface area contributed by atoms with E-state index in [1.165, 1.54) is 12.3 Å². The minimum atomic E-state index is -0.516. The Morgan fingerprint density at radius 2 is 2.25 bits per heavy atom. The van der Waals surface area contributed by atoms with E-state index in [1.807, 2.05) is 0 Å². The number of nitrogens with one attached hydrogen (secondary N) is 1. The van der Waals surface area contributed by atoms with Gasteiger partial charge in [0.15, 0.2) is 0 Å². The summed E-state index contributed by atoms with van der Waals surface area (Å²) in [6.45, 7) is 0. The van der Waals surface area contributed by atoms with Crippen LogP contribution in [0.5, 0.6) is 0 Å². The Kier molecular flexibility index (Phi) is 4.21. The van der Waals surface area contributed by atoms with Gasteiger partial charge in [-0.25, -0.2) is 4.98 Å². The molecule has 0 amide bonds. The summed E-state index contributed by atoms with van der Waals surface area (Å²) in [4.78, 5) is 3.41. The van der Waals surface area contributed by atoms with E-state index in [1.54, 1.807) is 6.07 Å². The molecule has 1 aromatic heterocycles. The summed E-state index contributed by atoms with van der Waals surface area (Å²) in [5, 5.41) is 6.94. The molecule has 3 N–H and O–H groups in total. The Morgan fingerprint density at radius 3 is 2.67 bits per heavy atom. The lowest BCUT2D eigenvalue weighted by molar-refractivity contribution is 0.582. The number of nitrogens with zero attached hydrogens (tertiary/aromatic N) is 1. The van der Waals surface area contributed by atoms with E-state index in [4.69, 9.17) is 11.1 Å². The van der Waals surface area contributed by atoms with Crippen molar-refractivity contribution in [3.05, 3.63) is 29.8 Å². The fourth-order valence-electron chi connectivity index (χ4n) is 0.731. The van der Waals surface area contributed by atoms with Crippen molar-refractivity contribution in [3.63, 3.8) is 0 Å². The maximum absolute atomic E-state index is 12.2. The quantitative estimate of drug-likeness (QED) is 0.416. The second-order valence-corrected chi connectivity index (χ2v) is 2.19. The maximum atomic E-state index is 12.2. The molecule has 0 saturated carbocycles. The van der Waals surface area contributed by atoms with Crippen LogP contribution in [0.4, 0.5) is 4.39 Å². The van der Waals surface area contributed by atoms with Crippen LogP contribution in [0.1, 0.15) is 5.56 Å². The average molecular weight is 190 g/mol. The van der Waals surface area contributed by atoms with Gasteiger partial charge in [0.1, 0.15) is 0 Å². The van der Waals surface area contributed by atoms with E-state index in [0.717, 1.165) is 5.56 Å². The molecule has 0 aliphatic carbocycles. The van der Waals surface area contributed by atoms with Crippen LogP contribution in [0.3, 0.4) is 0 Å². The first-order chi connectivity index (χ1) is 5.18. The molecule has 0 bridgehead atoms. The Morgan fingerprint density at radius 1 is 1.58 bits per heavy atom. The molecule has 3 nitrogen and oxygen atoms in total. The molecule has 12 heavy (non-hydrogen) atoms. The number of pyridine rings is 1. The van der Waals surface area contributed by atoms with Crippen LogP contribution in [-0.2, 0) is 6.42 Å². The van der Waals surface area contributed by atoms with E-state index in [9.17, 15) is 4.39 Å². The Hall–Kier alpha value is -1.16. The van der Waals surface area contributed by atoms with Crippen LogP contribution < -0.4 is 5.73 Å². The van der Waals surface area contributed by atoms with Gasteiger partial charge in [0.05, 0.1) is 5.84 Å². The minimum Gasteiger partial charge on any atom is -0.387 e. The summed E-state index contributed by atoms with van der Waals surface area (Å²) in [7, 11) is 0. The standard InChI is InChI=1S/C7H8FN3.ClH/c8-6-2-1-5(4-11-6)3-7(9)10;/h1-2,4H,3H2,(H3,9,10);1H. The average Bonchev–Trinajstić information content (AvgIpc) is 1.93. The number of aromatic nitrogens is 1. The van der Waals surface area contributed by atoms with Crippen molar-refractivity contribution in [1.82, 2.24) is 4.98 Å². The highest BCUT2D eigenvalue weighted by Crippen LogP contribution is 1.98. The third-order valence-corrected chi connectivity index (χ3v) is 1.18. The molecule has 0 aliphatic rings. The second kappa shape index (κ2) is 4.66. The predicted molar refractivity (Wildman–Crippen MR) is 47.1 cm³/mol. The largest absolute Gasteiger partial charge is 0.387 e. The monoisotopic (exact) mass is 189 g/mol. The number of halogens is 2. The Labute approximate surface area is 75.7 Å². The first-order valence-corrected chi connectivity index (χ1v) is 3.12. The van der Waals surface area contributed by atoms with Crippen molar-refractivity contribution >= 4 is 18.2 Å². The molecule has 1 heterocycles. The van der Waals surface area contributed by atoms with E-state index >= 15 is 0 Å². The van der Waals surface area contributed by atoms with Gasteiger partial charge in [0.25, 0.3) is 0 Å². The van der Waals surface area contributed by atoms with Gasteiger partial charge in [-0.3, -0.25) is 5.41 Å². The van der Waals surface area contributed by atoms with Gasteiger partial charge in [-0.1, -0.05) is 6.07 Å². The molecular formula is C7H9ClFN3. The number of amidine groups is 1. The van der Waals surface area contributed by atoms with Crippen molar-refractivity contribution in [2.45, 2.75) is 6.42 Å². The molecule has 0 unspecified atom stereocenters. The molecule has 0 saturated heterocycles. The zero-order valence-electron chi connectivity index (χ0n) is 6.25. The van der Waals surface area contributed by atoms with Gasteiger partial charge in [-0.2, -0.15) is 4.39 Å². The van der Waals surface area contributed by atoms with Crippen LogP contribution in [-0.4, -0.2) is 10.8 Å². The van der Waals surface area contributed by atoms with Crippen LogP contribution in [0.2, 0.25) is 0 Å². The summed E-state index contributed by atoms with van der Waals surface area (Å²) in [6.07, 6.45) is 1.70. The van der Waals surface area contributed by atoms with Crippen LogP contribution >= 0.6 is 12.4 Å². The second-order valence-electron chi connectivity index (χ2n) is 2.19. The topological polar surface area (TPSA) is 62.8 Å². The van der Waals surface area contributed by atoms with Crippen molar-refractivity contribution < 1.29 is 4.39 Å². The minimum absolute atomic E-state index is 0. The van der Waals surface area contributed by atoms with E-state index in [-0.39, 0.29) is 18.2 Å². The third kappa shape index (κ3) is 3.30. The number of hydrogen-bond acceptors (Lipinski definition) is 2. The van der Waals surface area contributed by atoms with Crippen molar-refractivity contribution in [2.75, 3.05) is 0 Å². The van der Waals surface area contributed by atoms with Gasteiger partial charge >= 0.3 is 0 Å². The molecule has 1 rings (SSSR count). The Bertz CT molecular complexity index is 260. The highest BCUT2D eigenvalue weighted by atomic mass is 35.5. The smallest absolute Gasteiger partial charge is 0.212 e. The van der Waals surface area contributed by atoms with E-state index in [0.29, 0.717) is 6.42 Å². The summed E-state index contributed by atoms with van der Waals surface area (Å²) in [5.74, 6) is -0.462. The van der Waals surface area contributed by atoms with Crippen LogP contribution in [0, 0.1) is 11.4 Å². The molecule has 0 atom stereocenters. The molecule has 1 aromatic rings. The predicted octanol–water partition coefficient (Wildman–Crippen LogP) is 1.12. The number of hydrogen-bond donors (Lipinski definition) is 2. The highest BCUT2D eigenvalue weighted by molar-refractivity contribution is 5.85. The molecule has 0 spiro atoms. The highest BCUT2D eigenvalue weighted by Gasteiger charge is 1.95. The number of nitrogens with two attached hydrogens (primary N) is 1. The molecule has 5 heteroatoms. The summed E-state index contributed by atoms with van der Waals surface area (Å²) >= 11 is 0. The van der Waals surface area contributed by atoms with Gasteiger partial charge in [-0.15, -0.1) is 12.4 Å². The fourth-order valence-corrected chi connectivity index (χ4v) is 0.731. The van der Waals surface area contributed by atoms with Crippen LogP contribution in [0.25, 0.3) is 0 Å². The molecule has 0 radical (unpaired) electrons. The lowest BCUT2D eigenvalue weighted by Gasteiger charge is -1.96.